The lowest BCUT2D eigenvalue weighted by Gasteiger charge is -2.55. The maximum absolute atomic E-state index is 13.2. The van der Waals surface area contributed by atoms with Gasteiger partial charge in [0, 0.05) is 17.3 Å². The van der Waals surface area contributed by atoms with E-state index in [1.165, 1.54) is 11.1 Å². The zero-order valence-electron chi connectivity index (χ0n) is 17.8. The van der Waals surface area contributed by atoms with Crippen LogP contribution in [0.25, 0.3) is 0 Å². The molecule has 2 saturated carbocycles. The molecule has 6 atom stereocenters. The van der Waals surface area contributed by atoms with Gasteiger partial charge in [0.1, 0.15) is 0 Å². The van der Waals surface area contributed by atoms with Gasteiger partial charge in [-0.1, -0.05) is 31.1 Å². The van der Waals surface area contributed by atoms with Crippen LogP contribution in [-0.4, -0.2) is 34.9 Å². The first-order chi connectivity index (χ1) is 13.6. The molecular weight excluding hydrogens is 388 g/mol. The minimum absolute atomic E-state index is 0.0134. The molecule has 0 N–H and O–H groups in total. The molecule has 0 radical (unpaired) electrons. The third-order valence-corrected chi connectivity index (χ3v) is 9.11. The fraction of sp³-hybridized carbons (Fsp3) is 0.750. The largest absolute Gasteiger partial charge is 0.344 e. The number of fused-ring (bicyclic) bond motifs is 7. The van der Waals surface area contributed by atoms with Crippen LogP contribution in [-0.2, 0) is 19.1 Å². The molecule has 0 unspecified atom stereocenters. The SMILES string of the molecule is CC1(C)O[C@@H]2C[C@H]3[C@@H]4CCC5=CC(=O)CC[C@]5(C)C4=CC[C@]3(C)[C@]2(C(=O)CCl)O1. The summed E-state index contributed by atoms with van der Waals surface area (Å²) in [6, 6.07) is 0. The maximum atomic E-state index is 13.2. The summed E-state index contributed by atoms with van der Waals surface area (Å²) in [4.78, 5) is 25.3. The lowest BCUT2D eigenvalue weighted by atomic mass is 9.50. The van der Waals surface area contributed by atoms with Crippen LogP contribution in [0.1, 0.15) is 66.2 Å². The van der Waals surface area contributed by atoms with Crippen LogP contribution in [0.3, 0.4) is 0 Å². The second-order valence-corrected chi connectivity index (χ2v) is 10.9. The van der Waals surface area contributed by atoms with Gasteiger partial charge in [-0.25, -0.2) is 0 Å². The zero-order valence-corrected chi connectivity index (χ0v) is 18.6. The molecule has 5 rings (SSSR count). The van der Waals surface area contributed by atoms with Crippen LogP contribution in [0.15, 0.2) is 23.3 Å². The first kappa shape index (κ1) is 20.0. The Labute approximate surface area is 178 Å². The van der Waals surface area contributed by atoms with Gasteiger partial charge in [-0.15, -0.1) is 11.6 Å². The van der Waals surface area contributed by atoms with Gasteiger partial charge < -0.3 is 9.47 Å². The number of ketones is 2. The number of hydrogen-bond donors (Lipinski definition) is 0. The van der Waals surface area contributed by atoms with Crippen molar-refractivity contribution in [2.45, 2.75) is 83.7 Å². The molecule has 29 heavy (non-hydrogen) atoms. The smallest absolute Gasteiger partial charge is 0.182 e. The van der Waals surface area contributed by atoms with E-state index in [-0.39, 0.29) is 34.4 Å². The van der Waals surface area contributed by atoms with Crippen LogP contribution in [0.2, 0.25) is 0 Å². The van der Waals surface area contributed by atoms with Crippen molar-refractivity contribution in [2.24, 2.45) is 22.7 Å². The summed E-state index contributed by atoms with van der Waals surface area (Å²) >= 11 is 6.10. The summed E-state index contributed by atoms with van der Waals surface area (Å²) in [6.45, 7) is 8.33. The second kappa shape index (κ2) is 6.05. The lowest BCUT2D eigenvalue weighted by Crippen LogP contribution is -2.59. The van der Waals surface area contributed by atoms with E-state index in [0.29, 0.717) is 18.3 Å². The molecule has 0 aromatic heterocycles. The molecular formula is C24H31ClO4. The van der Waals surface area contributed by atoms with Gasteiger partial charge in [-0.05, 0) is 63.9 Å². The molecule has 1 heterocycles. The number of Topliss-reactive ketones (excluding diaryl/α,β-unsaturated/α-hetero) is 1. The molecule has 4 nitrogen and oxygen atoms in total. The Morgan fingerprint density at radius 2 is 2.00 bits per heavy atom. The Balaban J connectivity index is 1.60. The summed E-state index contributed by atoms with van der Waals surface area (Å²) < 4.78 is 12.8. The number of allylic oxidation sites excluding steroid dienone is 4. The van der Waals surface area contributed by atoms with E-state index in [1.54, 1.807) is 0 Å². The van der Waals surface area contributed by atoms with E-state index in [0.717, 1.165) is 32.1 Å². The number of hydrogen-bond acceptors (Lipinski definition) is 4. The van der Waals surface area contributed by atoms with Crippen molar-refractivity contribution >= 4 is 23.2 Å². The van der Waals surface area contributed by atoms with Crippen molar-refractivity contribution in [1.29, 1.82) is 0 Å². The van der Waals surface area contributed by atoms with Crippen LogP contribution in [0, 0.1) is 22.7 Å². The van der Waals surface area contributed by atoms with Crippen molar-refractivity contribution in [3.05, 3.63) is 23.3 Å². The van der Waals surface area contributed by atoms with Crippen LogP contribution in [0.5, 0.6) is 0 Å². The first-order valence-corrected chi connectivity index (χ1v) is 11.5. The minimum Gasteiger partial charge on any atom is -0.344 e. The highest BCUT2D eigenvalue weighted by Crippen LogP contribution is 2.69. The van der Waals surface area contributed by atoms with Crippen molar-refractivity contribution in [3.63, 3.8) is 0 Å². The molecule has 0 bridgehead atoms. The highest BCUT2D eigenvalue weighted by atomic mass is 35.5. The van der Waals surface area contributed by atoms with Gasteiger partial charge in [0.15, 0.2) is 23.0 Å². The molecule has 158 valence electrons. The Kier molecular flexibility index (Phi) is 4.16. The van der Waals surface area contributed by atoms with Gasteiger partial charge in [0.2, 0.25) is 0 Å². The Bertz CT molecular complexity index is 857. The van der Waals surface area contributed by atoms with Crippen molar-refractivity contribution < 1.29 is 19.1 Å². The molecule has 0 spiro atoms. The molecule has 0 aromatic rings. The molecule has 5 heteroatoms. The third-order valence-electron chi connectivity index (χ3n) is 8.87. The highest BCUT2D eigenvalue weighted by Gasteiger charge is 2.74. The number of alkyl halides is 1. The monoisotopic (exact) mass is 418 g/mol. The minimum atomic E-state index is -0.968. The van der Waals surface area contributed by atoms with E-state index < -0.39 is 11.4 Å². The lowest BCUT2D eigenvalue weighted by molar-refractivity contribution is -0.203. The number of rotatable bonds is 2. The average Bonchev–Trinajstić information content (AvgIpc) is 3.07. The van der Waals surface area contributed by atoms with E-state index >= 15 is 0 Å². The van der Waals surface area contributed by atoms with Gasteiger partial charge in [0.25, 0.3) is 0 Å². The quantitative estimate of drug-likeness (QED) is 0.479. The molecule has 0 aromatic carbocycles. The number of halogens is 1. The van der Waals surface area contributed by atoms with Crippen molar-refractivity contribution in [2.75, 3.05) is 5.88 Å². The van der Waals surface area contributed by atoms with Gasteiger partial charge in [0.05, 0.1) is 12.0 Å². The average molecular weight is 419 g/mol. The summed E-state index contributed by atoms with van der Waals surface area (Å²) in [6.07, 6.45) is 9.19. The van der Waals surface area contributed by atoms with E-state index in [2.05, 4.69) is 19.9 Å². The molecule has 3 fully saturated rings. The molecule has 1 aliphatic heterocycles. The molecule has 1 saturated heterocycles. The summed E-state index contributed by atoms with van der Waals surface area (Å²) in [5.74, 6) is 0.136. The highest BCUT2D eigenvalue weighted by molar-refractivity contribution is 6.29. The van der Waals surface area contributed by atoms with E-state index in [1.807, 2.05) is 19.9 Å². The third kappa shape index (κ3) is 2.40. The van der Waals surface area contributed by atoms with Gasteiger partial charge in [-0.2, -0.15) is 0 Å². The standard InChI is InChI=1S/C24H31ClO4/c1-21(2)28-20-12-18-16-6-5-14-11-15(26)7-9-22(14,3)17(16)8-10-23(18,4)24(20,29-21)19(27)13-25/h8,11,16,18,20H,5-7,9-10,12-13H2,1-4H3/t16-,18+,20-,22+,23+,24-/m1/s1. The second-order valence-electron chi connectivity index (χ2n) is 10.6. The van der Waals surface area contributed by atoms with Crippen LogP contribution >= 0.6 is 11.6 Å². The number of carbonyl (C=O) groups is 2. The van der Waals surface area contributed by atoms with E-state index in [4.69, 9.17) is 21.1 Å². The molecule has 0 amide bonds. The number of ether oxygens (including phenoxy) is 2. The first-order valence-electron chi connectivity index (χ1n) is 11.0. The van der Waals surface area contributed by atoms with Crippen molar-refractivity contribution in [1.82, 2.24) is 0 Å². The van der Waals surface area contributed by atoms with E-state index in [9.17, 15) is 9.59 Å². The summed E-state index contributed by atoms with van der Waals surface area (Å²) in [5.41, 5.74) is 1.48. The fourth-order valence-electron chi connectivity index (χ4n) is 7.56. The molecule has 5 aliphatic rings. The Morgan fingerprint density at radius 1 is 1.24 bits per heavy atom. The molecule has 4 aliphatic carbocycles. The zero-order chi connectivity index (χ0) is 20.8. The maximum Gasteiger partial charge on any atom is 0.182 e. The number of carbonyl (C=O) groups excluding carboxylic acids is 2. The van der Waals surface area contributed by atoms with Crippen molar-refractivity contribution in [3.8, 4) is 0 Å². The normalized spacial score (nSPS) is 47.5. The summed E-state index contributed by atoms with van der Waals surface area (Å²) in [5, 5.41) is 0. The van der Waals surface area contributed by atoms with Crippen LogP contribution < -0.4 is 0 Å². The van der Waals surface area contributed by atoms with Crippen LogP contribution in [0.4, 0.5) is 0 Å². The topological polar surface area (TPSA) is 52.6 Å². The van der Waals surface area contributed by atoms with Gasteiger partial charge >= 0.3 is 0 Å². The Morgan fingerprint density at radius 3 is 2.72 bits per heavy atom. The fourth-order valence-corrected chi connectivity index (χ4v) is 7.76. The van der Waals surface area contributed by atoms with Gasteiger partial charge in [-0.3, -0.25) is 9.59 Å². The Hall–Kier alpha value is -0.970. The predicted molar refractivity (Wildman–Crippen MR) is 111 cm³/mol. The predicted octanol–water partition coefficient (Wildman–Crippen LogP) is 4.75. The summed E-state index contributed by atoms with van der Waals surface area (Å²) in [7, 11) is 0.